The van der Waals surface area contributed by atoms with Crippen molar-refractivity contribution in [1.82, 2.24) is 9.78 Å². The number of rotatable bonds is 4. The highest BCUT2D eigenvalue weighted by atomic mass is 16.5. The van der Waals surface area contributed by atoms with Crippen LogP contribution in [0.3, 0.4) is 0 Å². The maximum atomic E-state index is 12.6. The zero-order valence-electron chi connectivity index (χ0n) is 13.7. The summed E-state index contributed by atoms with van der Waals surface area (Å²) >= 11 is 0. The van der Waals surface area contributed by atoms with Gasteiger partial charge < -0.3 is 9.64 Å². The van der Waals surface area contributed by atoms with Crippen LogP contribution < -0.4 is 10.5 Å². The largest absolute Gasteiger partial charge is 0.467 e. The van der Waals surface area contributed by atoms with Gasteiger partial charge in [0.15, 0.2) is 6.04 Å². The minimum Gasteiger partial charge on any atom is -0.467 e. The third-order valence-electron chi connectivity index (χ3n) is 4.32. The molecule has 1 aromatic heterocycles. The van der Waals surface area contributed by atoms with E-state index < -0.39 is 12.0 Å². The molecule has 1 aromatic carbocycles. The first-order valence-electron chi connectivity index (χ1n) is 8.17. The van der Waals surface area contributed by atoms with Gasteiger partial charge in [0, 0.05) is 19.2 Å². The number of piperidine rings is 1. The number of carbonyl (C=O) groups is 1. The molecule has 3 rings (SSSR count). The van der Waals surface area contributed by atoms with E-state index >= 15 is 0 Å². The molecular formula is C18H21N3O3. The van der Waals surface area contributed by atoms with Crippen LogP contribution >= 0.6 is 0 Å². The molecule has 1 fully saturated rings. The Hall–Kier alpha value is -2.63. The average Bonchev–Trinajstić information content (AvgIpc) is 2.64. The molecule has 0 saturated carbocycles. The number of carbonyl (C=O) groups excluding carboxylic acids is 1. The highest BCUT2D eigenvalue weighted by Gasteiger charge is 2.26. The van der Waals surface area contributed by atoms with E-state index in [1.54, 1.807) is 24.4 Å². The lowest BCUT2D eigenvalue weighted by molar-refractivity contribution is -0.143. The van der Waals surface area contributed by atoms with Gasteiger partial charge in [-0.25, -0.2) is 9.48 Å². The molecule has 1 aliphatic heterocycles. The fourth-order valence-corrected chi connectivity index (χ4v) is 3.05. The Labute approximate surface area is 140 Å². The number of ether oxygens (including phenoxy) is 1. The van der Waals surface area contributed by atoms with E-state index in [1.165, 1.54) is 18.2 Å². The summed E-state index contributed by atoms with van der Waals surface area (Å²) in [4.78, 5) is 27.0. The average molecular weight is 327 g/mol. The lowest BCUT2D eigenvalue weighted by Gasteiger charge is -2.28. The third kappa shape index (κ3) is 3.32. The number of methoxy groups -OCH3 is 1. The van der Waals surface area contributed by atoms with Crippen LogP contribution in [0.2, 0.25) is 0 Å². The summed E-state index contributed by atoms with van der Waals surface area (Å²) in [6.07, 6.45) is 5.13. The summed E-state index contributed by atoms with van der Waals surface area (Å²) in [5, 5.41) is 4.26. The molecule has 1 atom stereocenters. The second kappa shape index (κ2) is 7.29. The lowest BCUT2D eigenvalue weighted by atomic mass is 10.1. The minimum atomic E-state index is -0.876. The molecule has 24 heavy (non-hydrogen) atoms. The molecule has 6 nitrogen and oxygen atoms in total. The number of hydrogen-bond acceptors (Lipinski definition) is 5. The molecule has 0 N–H and O–H groups in total. The molecule has 0 aliphatic carbocycles. The molecule has 126 valence electrons. The molecule has 0 spiro atoms. The minimum absolute atomic E-state index is 0.308. The van der Waals surface area contributed by atoms with Crippen molar-refractivity contribution in [2.75, 3.05) is 25.1 Å². The van der Waals surface area contributed by atoms with Gasteiger partial charge in [-0.1, -0.05) is 30.3 Å². The van der Waals surface area contributed by atoms with Crippen molar-refractivity contribution in [3.8, 4) is 0 Å². The van der Waals surface area contributed by atoms with Crippen LogP contribution in [-0.2, 0) is 9.53 Å². The molecule has 2 heterocycles. The monoisotopic (exact) mass is 327 g/mol. The van der Waals surface area contributed by atoms with Crippen LogP contribution in [0.1, 0.15) is 30.9 Å². The Morgan fingerprint density at radius 3 is 2.50 bits per heavy atom. The van der Waals surface area contributed by atoms with E-state index in [0.717, 1.165) is 31.6 Å². The van der Waals surface area contributed by atoms with Gasteiger partial charge in [-0.15, -0.1) is 0 Å². The number of anilines is 1. The summed E-state index contributed by atoms with van der Waals surface area (Å²) in [6.45, 7) is 1.87. The van der Waals surface area contributed by atoms with Crippen molar-refractivity contribution in [3.63, 3.8) is 0 Å². The van der Waals surface area contributed by atoms with Crippen molar-refractivity contribution in [2.24, 2.45) is 0 Å². The predicted octanol–water partition coefficient (Wildman–Crippen LogP) is 2.00. The highest BCUT2D eigenvalue weighted by molar-refractivity contribution is 5.77. The molecular weight excluding hydrogens is 306 g/mol. The molecule has 1 saturated heterocycles. The number of benzene rings is 1. The van der Waals surface area contributed by atoms with Gasteiger partial charge >= 0.3 is 5.97 Å². The van der Waals surface area contributed by atoms with Gasteiger partial charge in [0.25, 0.3) is 5.56 Å². The van der Waals surface area contributed by atoms with Crippen molar-refractivity contribution in [1.29, 1.82) is 0 Å². The normalized spacial score (nSPS) is 15.8. The van der Waals surface area contributed by atoms with Crippen LogP contribution in [0.25, 0.3) is 0 Å². The molecule has 6 heteroatoms. The Morgan fingerprint density at radius 1 is 1.17 bits per heavy atom. The highest BCUT2D eigenvalue weighted by Crippen LogP contribution is 2.20. The van der Waals surface area contributed by atoms with E-state index in [2.05, 4.69) is 10.00 Å². The van der Waals surface area contributed by atoms with E-state index in [0.29, 0.717) is 5.56 Å². The van der Waals surface area contributed by atoms with Gasteiger partial charge in [0.1, 0.15) is 0 Å². The van der Waals surface area contributed by atoms with E-state index in [-0.39, 0.29) is 5.56 Å². The Bertz CT molecular complexity index is 752. The zero-order chi connectivity index (χ0) is 16.9. The fourth-order valence-electron chi connectivity index (χ4n) is 3.05. The smallest absolute Gasteiger partial charge is 0.335 e. The topological polar surface area (TPSA) is 64.4 Å². The second-order valence-electron chi connectivity index (χ2n) is 5.88. The first-order valence-corrected chi connectivity index (χ1v) is 8.17. The van der Waals surface area contributed by atoms with Crippen molar-refractivity contribution >= 4 is 11.7 Å². The summed E-state index contributed by atoms with van der Waals surface area (Å²) in [5.41, 5.74) is 1.18. The van der Waals surface area contributed by atoms with Gasteiger partial charge in [0.05, 0.1) is 19.0 Å². The quantitative estimate of drug-likeness (QED) is 0.804. The van der Waals surface area contributed by atoms with Crippen LogP contribution in [0.4, 0.5) is 5.69 Å². The third-order valence-corrected chi connectivity index (χ3v) is 4.32. The zero-order valence-corrected chi connectivity index (χ0v) is 13.7. The van der Waals surface area contributed by atoms with Crippen LogP contribution in [0.5, 0.6) is 0 Å². The number of nitrogens with zero attached hydrogens (tertiary/aromatic N) is 3. The standard InChI is InChI=1S/C18H21N3O3/c1-24-18(23)17(14-8-4-2-5-9-14)21-16(22)12-15(13-19-21)20-10-6-3-7-11-20/h2,4-5,8-9,12-13,17H,3,6-7,10-11H2,1H3. The van der Waals surface area contributed by atoms with Crippen LogP contribution in [0, 0.1) is 0 Å². The van der Waals surface area contributed by atoms with E-state index in [4.69, 9.17) is 4.74 Å². The molecule has 0 bridgehead atoms. The summed E-state index contributed by atoms with van der Waals surface area (Å²) < 4.78 is 6.06. The SMILES string of the molecule is COC(=O)C(c1ccccc1)n1ncc(N2CCCCC2)cc1=O. The maximum Gasteiger partial charge on any atom is 0.335 e. The summed E-state index contributed by atoms with van der Waals surface area (Å²) in [5.74, 6) is -0.512. The molecule has 0 amide bonds. The summed E-state index contributed by atoms with van der Waals surface area (Å²) in [6, 6.07) is 9.74. The predicted molar refractivity (Wildman–Crippen MR) is 91.2 cm³/mol. The first-order chi connectivity index (χ1) is 11.7. The molecule has 1 unspecified atom stereocenters. The lowest BCUT2D eigenvalue weighted by Crippen LogP contribution is -2.35. The van der Waals surface area contributed by atoms with Gasteiger partial charge in [-0.05, 0) is 24.8 Å². The van der Waals surface area contributed by atoms with Gasteiger partial charge in [-0.3, -0.25) is 4.79 Å². The van der Waals surface area contributed by atoms with Gasteiger partial charge in [-0.2, -0.15) is 5.10 Å². The Morgan fingerprint density at radius 2 is 1.88 bits per heavy atom. The molecule has 0 radical (unpaired) electrons. The second-order valence-corrected chi connectivity index (χ2v) is 5.88. The van der Waals surface area contributed by atoms with E-state index in [1.807, 2.05) is 18.2 Å². The fraction of sp³-hybridized carbons (Fsp3) is 0.389. The summed E-state index contributed by atoms with van der Waals surface area (Å²) in [7, 11) is 1.31. The van der Waals surface area contributed by atoms with Crippen LogP contribution in [-0.4, -0.2) is 35.9 Å². The maximum absolute atomic E-state index is 12.6. The molecule has 1 aliphatic rings. The Kier molecular flexibility index (Phi) is 4.93. The Balaban J connectivity index is 1.96. The number of aromatic nitrogens is 2. The number of hydrogen-bond donors (Lipinski definition) is 0. The first kappa shape index (κ1) is 16.2. The van der Waals surface area contributed by atoms with Gasteiger partial charge in [0.2, 0.25) is 0 Å². The van der Waals surface area contributed by atoms with Crippen molar-refractivity contribution in [3.05, 3.63) is 58.5 Å². The molecule has 2 aromatic rings. The van der Waals surface area contributed by atoms with Crippen molar-refractivity contribution in [2.45, 2.75) is 25.3 Å². The number of esters is 1. The van der Waals surface area contributed by atoms with Crippen molar-refractivity contribution < 1.29 is 9.53 Å². The van der Waals surface area contributed by atoms with Crippen LogP contribution in [0.15, 0.2) is 47.4 Å². The van der Waals surface area contributed by atoms with E-state index in [9.17, 15) is 9.59 Å².